The lowest BCUT2D eigenvalue weighted by molar-refractivity contribution is -0.697. The number of carbonyl (C=O) groups is 1. The van der Waals surface area contributed by atoms with Crippen LogP contribution in [-0.2, 0) is 6.54 Å². The van der Waals surface area contributed by atoms with Crippen LogP contribution in [0.1, 0.15) is 94.3 Å². The van der Waals surface area contributed by atoms with Crippen LogP contribution in [0.25, 0.3) is 0 Å². The minimum atomic E-state index is -0.359. The highest BCUT2D eigenvalue weighted by molar-refractivity contribution is 5.92. The van der Waals surface area contributed by atoms with Crippen molar-refractivity contribution in [3.8, 4) is 0 Å². The van der Waals surface area contributed by atoms with Crippen molar-refractivity contribution in [1.29, 1.82) is 0 Å². The van der Waals surface area contributed by atoms with Crippen molar-refractivity contribution in [2.24, 2.45) is 5.73 Å². The van der Waals surface area contributed by atoms with E-state index in [0.717, 1.165) is 6.54 Å². The normalized spacial score (nSPS) is 10.8. The van der Waals surface area contributed by atoms with Gasteiger partial charge in [0, 0.05) is 18.6 Å². The fourth-order valence-corrected chi connectivity index (χ4v) is 2.91. The highest BCUT2D eigenvalue weighted by Crippen LogP contribution is 2.11. The molecule has 0 saturated heterocycles. The van der Waals surface area contributed by atoms with E-state index in [4.69, 9.17) is 5.73 Å². The first-order chi connectivity index (χ1) is 11.2. The van der Waals surface area contributed by atoms with Gasteiger partial charge in [-0.2, -0.15) is 0 Å². The van der Waals surface area contributed by atoms with Gasteiger partial charge in [-0.25, -0.2) is 4.57 Å². The highest BCUT2D eigenvalue weighted by Gasteiger charge is 2.04. The van der Waals surface area contributed by atoms with Crippen LogP contribution in [0, 0.1) is 0 Å². The van der Waals surface area contributed by atoms with Crippen molar-refractivity contribution in [1.82, 2.24) is 0 Å². The molecule has 3 nitrogen and oxygen atoms in total. The van der Waals surface area contributed by atoms with Gasteiger partial charge in [-0.1, -0.05) is 71.1 Å². The van der Waals surface area contributed by atoms with Gasteiger partial charge in [-0.05, 0) is 6.42 Å². The lowest BCUT2D eigenvalue weighted by atomic mass is 10.1. The minimum Gasteiger partial charge on any atom is -0.366 e. The largest absolute Gasteiger partial charge is 0.366 e. The van der Waals surface area contributed by atoms with Crippen molar-refractivity contribution in [3.63, 3.8) is 0 Å². The molecular formula is C20H35N2O+. The maximum atomic E-state index is 11.0. The summed E-state index contributed by atoms with van der Waals surface area (Å²) < 4.78 is 2.13. The van der Waals surface area contributed by atoms with Gasteiger partial charge in [0.1, 0.15) is 6.54 Å². The first-order valence-electron chi connectivity index (χ1n) is 9.53. The molecule has 3 heteroatoms. The van der Waals surface area contributed by atoms with Crippen LogP contribution in [0.15, 0.2) is 24.5 Å². The van der Waals surface area contributed by atoms with E-state index in [1.165, 1.54) is 77.0 Å². The average molecular weight is 320 g/mol. The number of carbonyl (C=O) groups excluding carboxylic acids is 1. The quantitative estimate of drug-likeness (QED) is 0.389. The summed E-state index contributed by atoms with van der Waals surface area (Å²) in [6.07, 6.45) is 20.4. The van der Waals surface area contributed by atoms with Crippen LogP contribution in [-0.4, -0.2) is 5.91 Å². The third-order valence-corrected chi connectivity index (χ3v) is 4.45. The molecule has 1 aromatic heterocycles. The standard InChI is InChI=1S/C20H34N2O/c1-2-3-4-5-6-7-8-9-10-11-12-13-16-22-17-14-19(15-18-22)20(21)23/h14-15,17-18H,2-13,16H2,1H3,(H-,21,23)/p+1. The molecule has 0 bridgehead atoms. The number of nitrogens with two attached hydrogens (primary N) is 1. The Morgan fingerprint density at radius 1 is 0.826 bits per heavy atom. The van der Waals surface area contributed by atoms with Gasteiger partial charge in [-0.3, -0.25) is 4.79 Å². The van der Waals surface area contributed by atoms with E-state index < -0.39 is 0 Å². The number of pyridine rings is 1. The lowest BCUT2D eigenvalue weighted by Crippen LogP contribution is -2.33. The van der Waals surface area contributed by atoms with Crippen molar-refractivity contribution in [2.45, 2.75) is 90.5 Å². The van der Waals surface area contributed by atoms with E-state index >= 15 is 0 Å². The maximum absolute atomic E-state index is 11.0. The Balaban J connectivity index is 1.90. The fourth-order valence-electron chi connectivity index (χ4n) is 2.91. The molecule has 2 N–H and O–H groups in total. The molecule has 0 fully saturated rings. The van der Waals surface area contributed by atoms with Crippen LogP contribution in [0.3, 0.4) is 0 Å². The topological polar surface area (TPSA) is 47.0 Å². The van der Waals surface area contributed by atoms with Gasteiger partial charge in [0.25, 0.3) is 0 Å². The molecule has 130 valence electrons. The number of unbranched alkanes of at least 4 members (excludes halogenated alkanes) is 11. The summed E-state index contributed by atoms with van der Waals surface area (Å²) in [6, 6.07) is 3.59. The van der Waals surface area contributed by atoms with Crippen LogP contribution in [0.2, 0.25) is 0 Å². The fraction of sp³-hybridized carbons (Fsp3) is 0.700. The summed E-state index contributed by atoms with van der Waals surface area (Å²) in [5, 5.41) is 0. The van der Waals surface area contributed by atoms with Crippen LogP contribution < -0.4 is 10.3 Å². The molecule has 0 saturated carbocycles. The van der Waals surface area contributed by atoms with Crippen molar-refractivity contribution in [3.05, 3.63) is 30.1 Å². The second-order valence-corrected chi connectivity index (χ2v) is 6.58. The van der Waals surface area contributed by atoms with Gasteiger partial charge in [0.05, 0.1) is 5.56 Å². The molecule has 1 heterocycles. The Morgan fingerprint density at radius 2 is 1.26 bits per heavy atom. The van der Waals surface area contributed by atoms with E-state index in [2.05, 4.69) is 11.5 Å². The van der Waals surface area contributed by atoms with E-state index in [9.17, 15) is 4.79 Å². The molecule has 0 radical (unpaired) electrons. The van der Waals surface area contributed by atoms with Gasteiger partial charge in [0.15, 0.2) is 12.4 Å². The van der Waals surface area contributed by atoms with E-state index in [1.54, 1.807) is 12.1 Å². The van der Waals surface area contributed by atoms with Crippen LogP contribution in [0.4, 0.5) is 0 Å². The number of amides is 1. The van der Waals surface area contributed by atoms with E-state index in [1.807, 2.05) is 12.4 Å². The van der Waals surface area contributed by atoms with Gasteiger partial charge >= 0.3 is 0 Å². The van der Waals surface area contributed by atoms with Gasteiger partial charge in [-0.15, -0.1) is 0 Å². The molecule has 0 aliphatic heterocycles. The summed E-state index contributed by atoms with van der Waals surface area (Å²) >= 11 is 0. The van der Waals surface area contributed by atoms with Crippen molar-refractivity contribution < 1.29 is 9.36 Å². The summed E-state index contributed by atoms with van der Waals surface area (Å²) in [5.74, 6) is -0.359. The maximum Gasteiger partial charge on any atom is 0.249 e. The molecule has 0 aromatic carbocycles. The van der Waals surface area contributed by atoms with Crippen molar-refractivity contribution >= 4 is 5.91 Å². The molecule has 1 amide bonds. The number of aryl methyl sites for hydroxylation is 1. The Kier molecular flexibility index (Phi) is 11.2. The third kappa shape index (κ3) is 10.1. The van der Waals surface area contributed by atoms with E-state index in [0.29, 0.717) is 5.56 Å². The summed E-state index contributed by atoms with van der Waals surface area (Å²) in [4.78, 5) is 11.0. The number of aromatic nitrogens is 1. The van der Waals surface area contributed by atoms with Gasteiger partial charge in [0.2, 0.25) is 5.91 Å². The molecule has 0 aliphatic carbocycles. The van der Waals surface area contributed by atoms with Gasteiger partial charge < -0.3 is 5.73 Å². The molecule has 23 heavy (non-hydrogen) atoms. The molecule has 0 aliphatic rings. The molecule has 0 unspecified atom stereocenters. The summed E-state index contributed by atoms with van der Waals surface area (Å²) in [6.45, 7) is 3.30. The zero-order chi connectivity index (χ0) is 16.8. The molecule has 0 spiro atoms. The summed E-state index contributed by atoms with van der Waals surface area (Å²) in [7, 11) is 0. The number of rotatable bonds is 14. The van der Waals surface area contributed by atoms with Crippen LogP contribution >= 0.6 is 0 Å². The Morgan fingerprint density at radius 3 is 1.70 bits per heavy atom. The van der Waals surface area contributed by atoms with Crippen molar-refractivity contribution in [2.75, 3.05) is 0 Å². The van der Waals surface area contributed by atoms with Crippen LogP contribution in [0.5, 0.6) is 0 Å². The Bertz CT molecular complexity index is 414. The number of hydrogen-bond acceptors (Lipinski definition) is 1. The third-order valence-electron chi connectivity index (χ3n) is 4.45. The predicted octanol–water partition coefficient (Wildman–Crippen LogP) is 4.77. The molecule has 1 rings (SSSR count). The number of hydrogen-bond donors (Lipinski definition) is 1. The van der Waals surface area contributed by atoms with E-state index in [-0.39, 0.29) is 5.91 Å². The Hall–Kier alpha value is -1.38. The number of primary amides is 1. The minimum absolute atomic E-state index is 0.359. The molecule has 0 atom stereocenters. The smallest absolute Gasteiger partial charge is 0.249 e. The molecule has 1 aromatic rings. The lowest BCUT2D eigenvalue weighted by Gasteiger charge is -2.02. The first-order valence-corrected chi connectivity index (χ1v) is 9.53. The second kappa shape index (κ2) is 13.1. The second-order valence-electron chi connectivity index (χ2n) is 6.58. The summed E-state index contributed by atoms with van der Waals surface area (Å²) in [5.41, 5.74) is 5.82. The first kappa shape index (κ1) is 19.7. The zero-order valence-corrected chi connectivity index (χ0v) is 14.9. The Labute approximate surface area is 142 Å². The average Bonchev–Trinajstić information content (AvgIpc) is 2.56. The highest BCUT2D eigenvalue weighted by atomic mass is 16.1. The SMILES string of the molecule is CCCCCCCCCCCCCC[n+]1ccc(C(N)=O)cc1. The predicted molar refractivity (Wildman–Crippen MR) is 96.2 cm³/mol. The molecular weight excluding hydrogens is 284 g/mol. The monoisotopic (exact) mass is 319 g/mol. The zero-order valence-electron chi connectivity index (χ0n) is 14.9. The number of nitrogens with zero attached hydrogens (tertiary/aromatic N) is 1.